The minimum Gasteiger partial charge on any atom is -0.464 e. The quantitative estimate of drug-likeness (QED) is 0.774. The number of methoxy groups -OCH3 is 1. The van der Waals surface area contributed by atoms with E-state index in [1.54, 1.807) is 0 Å². The standard InChI is InChI=1S/C9H11F2N3O3/c1-13-4-3-5(8(15)16-2)14-7(6(4)12)17-9(10)11/h3,9H,12H2,1-2H3,(H,13,14). The Balaban J connectivity index is 3.23. The van der Waals surface area contributed by atoms with Crippen LogP contribution in [0.15, 0.2) is 6.07 Å². The Labute approximate surface area is 95.7 Å². The van der Waals surface area contributed by atoms with Crippen LogP contribution >= 0.6 is 0 Å². The lowest BCUT2D eigenvalue weighted by atomic mass is 10.2. The third-order valence-electron chi connectivity index (χ3n) is 1.89. The molecule has 0 aromatic carbocycles. The molecule has 94 valence electrons. The van der Waals surface area contributed by atoms with Crippen LogP contribution in [0.1, 0.15) is 10.5 Å². The number of pyridine rings is 1. The van der Waals surface area contributed by atoms with Gasteiger partial charge in [-0.1, -0.05) is 0 Å². The smallest absolute Gasteiger partial charge is 0.388 e. The second kappa shape index (κ2) is 5.28. The van der Waals surface area contributed by atoms with Gasteiger partial charge in [-0.2, -0.15) is 8.78 Å². The molecular formula is C9H11F2N3O3. The summed E-state index contributed by atoms with van der Waals surface area (Å²) in [6.07, 6.45) is 0. The Morgan fingerprint density at radius 1 is 1.59 bits per heavy atom. The van der Waals surface area contributed by atoms with Crippen molar-refractivity contribution in [2.45, 2.75) is 6.61 Å². The molecule has 6 nitrogen and oxygen atoms in total. The average molecular weight is 247 g/mol. The Bertz CT molecular complexity index is 426. The molecule has 0 aliphatic rings. The molecule has 0 fully saturated rings. The molecule has 0 bridgehead atoms. The van der Waals surface area contributed by atoms with Crippen molar-refractivity contribution in [3.63, 3.8) is 0 Å². The number of nitrogens with zero attached hydrogens (tertiary/aromatic N) is 1. The Morgan fingerprint density at radius 2 is 2.24 bits per heavy atom. The van der Waals surface area contributed by atoms with Crippen LogP contribution in [-0.2, 0) is 4.74 Å². The molecule has 1 aromatic heterocycles. The van der Waals surface area contributed by atoms with E-state index in [1.165, 1.54) is 13.1 Å². The number of nitrogens with one attached hydrogen (secondary N) is 1. The van der Waals surface area contributed by atoms with E-state index < -0.39 is 18.5 Å². The summed E-state index contributed by atoms with van der Waals surface area (Å²) in [6.45, 7) is -3.08. The van der Waals surface area contributed by atoms with E-state index in [-0.39, 0.29) is 17.1 Å². The van der Waals surface area contributed by atoms with Gasteiger partial charge in [0.05, 0.1) is 12.8 Å². The summed E-state index contributed by atoms with van der Waals surface area (Å²) in [5.41, 5.74) is 5.47. The zero-order chi connectivity index (χ0) is 13.0. The molecule has 0 aliphatic carbocycles. The fourth-order valence-electron chi connectivity index (χ4n) is 1.12. The van der Waals surface area contributed by atoms with Crippen molar-refractivity contribution in [2.75, 3.05) is 25.2 Å². The maximum Gasteiger partial charge on any atom is 0.388 e. The van der Waals surface area contributed by atoms with Crippen LogP contribution in [0.4, 0.5) is 20.2 Å². The van der Waals surface area contributed by atoms with Gasteiger partial charge < -0.3 is 20.5 Å². The van der Waals surface area contributed by atoms with Crippen LogP contribution in [0.5, 0.6) is 5.88 Å². The van der Waals surface area contributed by atoms with E-state index in [0.29, 0.717) is 0 Å². The molecule has 0 unspecified atom stereocenters. The number of anilines is 2. The number of ether oxygens (including phenoxy) is 2. The fourth-order valence-corrected chi connectivity index (χ4v) is 1.12. The van der Waals surface area contributed by atoms with Crippen molar-refractivity contribution in [1.82, 2.24) is 4.98 Å². The second-order valence-electron chi connectivity index (χ2n) is 2.89. The van der Waals surface area contributed by atoms with Crippen LogP contribution in [0.2, 0.25) is 0 Å². The number of hydrogen-bond acceptors (Lipinski definition) is 6. The molecule has 17 heavy (non-hydrogen) atoms. The van der Waals surface area contributed by atoms with Gasteiger partial charge in [0.2, 0.25) is 5.88 Å². The lowest BCUT2D eigenvalue weighted by Crippen LogP contribution is -2.12. The zero-order valence-electron chi connectivity index (χ0n) is 9.16. The summed E-state index contributed by atoms with van der Waals surface area (Å²) in [5, 5.41) is 2.63. The number of carbonyl (C=O) groups excluding carboxylic acids is 1. The number of hydrogen-bond donors (Lipinski definition) is 2. The molecule has 1 rings (SSSR count). The minimum atomic E-state index is -3.08. The Kier molecular flexibility index (Phi) is 4.02. The highest BCUT2D eigenvalue weighted by Gasteiger charge is 2.18. The van der Waals surface area contributed by atoms with Gasteiger partial charge in [-0.25, -0.2) is 9.78 Å². The molecule has 0 saturated heterocycles. The third kappa shape index (κ3) is 2.92. The van der Waals surface area contributed by atoms with Crippen molar-refractivity contribution in [3.8, 4) is 5.88 Å². The molecule has 1 aromatic rings. The van der Waals surface area contributed by atoms with Crippen LogP contribution in [0.3, 0.4) is 0 Å². The summed E-state index contributed by atoms with van der Waals surface area (Å²) >= 11 is 0. The topological polar surface area (TPSA) is 86.5 Å². The predicted octanol–water partition coefficient (Wildman–Crippen LogP) is 1.09. The number of carbonyl (C=O) groups is 1. The van der Waals surface area contributed by atoms with Crippen LogP contribution in [0, 0.1) is 0 Å². The highest BCUT2D eigenvalue weighted by molar-refractivity contribution is 5.90. The van der Waals surface area contributed by atoms with Crippen molar-refractivity contribution in [1.29, 1.82) is 0 Å². The summed E-state index contributed by atoms with van der Waals surface area (Å²) < 4.78 is 32.7. The first-order valence-corrected chi connectivity index (χ1v) is 4.51. The number of nitrogens with two attached hydrogens (primary N) is 1. The normalized spacial score (nSPS) is 10.2. The van der Waals surface area contributed by atoms with E-state index >= 15 is 0 Å². The number of aromatic nitrogens is 1. The van der Waals surface area contributed by atoms with Gasteiger partial charge >= 0.3 is 12.6 Å². The summed E-state index contributed by atoms with van der Waals surface area (Å²) in [7, 11) is 2.66. The molecule has 0 aliphatic heterocycles. The van der Waals surface area contributed by atoms with Gasteiger partial charge in [0.15, 0.2) is 5.69 Å². The van der Waals surface area contributed by atoms with E-state index in [9.17, 15) is 13.6 Å². The van der Waals surface area contributed by atoms with E-state index in [0.717, 1.165) is 7.11 Å². The van der Waals surface area contributed by atoms with Crippen molar-refractivity contribution >= 4 is 17.3 Å². The van der Waals surface area contributed by atoms with Gasteiger partial charge in [-0.3, -0.25) is 0 Å². The van der Waals surface area contributed by atoms with Crippen molar-refractivity contribution in [3.05, 3.63) is 11.8 Å². The fraction of sp³-hybridized carbons (Fsp3) is 0.333. The van der Waals surface area contributed by atoms with E-state index in [1.807, 2.05) is 0 Å². The van der Waals surface area contributed by atoms with Gasteiger partial charge in [-0.05, 0) is 6.07 Å². The van der Waals surface area contributed by atoms with Crippen LogP contribution in [0.25, 0.3) is 0 Å². The molecule has 1 heterocycles. The first-order valence-electron chi connectivity index (χ1n) is 4.51. The van der Waals surface area contributed by atoms with Gasteiger partial charge in [0.1, 0.15) is 5.69 Å². The predicted molar refractivity (Wildman–Crippen MR) is 56.2 cm³/mol. The lowest BCUT2D eigenvalue weighted by Gasteiger charge is -2.12. The number of esters is 1. The molecule has 0 atom stereocenters. The Hall–Kier alpha value is -2.12. The van der Waals surface area contributed by atoms with Crippen molar-refractivity contribution < 1.29 is 23.0 Å². The van der Waals surface area contributed by atoms with E-state index in [2.05, 4.69) is 19.8 Å². The summed E-state index contributed by atoms with van der Waals surface area (Å²) in [5.74, 6) is -1.30. The molecule has 0 radical (unpaired) electrons. The molecule has 0 spiro atoms. The minimum absolute atomic E-state index is 0.111. The number of halogens is 2. The van der Waals surface area contributed by atoms with Crippen LogP contribution < -0.4 is 15.8 Å². The largest absolute Gasteiger partial charge is 0.464 e. The zero-order valence-corrected chi connectivity index (χ0v) is 9.16. The lowest BCUT2D eigenvalue weighted by molar-refractivity contribution is -0.0524. The maximum atomic E-state index is 12.1. The highest BCUT2D eigenvalue weighted by atomic mass is 19.3. The number of rotatable bonds is 4. The molecular weight excluding hydrogens is 236 g/mol. The Morgan fingerprint density at radius 3 is 2.71 bits per heavy atom. The summed E-state index contributed by atoms with van der Waals surface area (Å²) in [6, 6.07) is 1.28. The van der Waals surface area contributed by atoms with Crippen LogP contribution in [-0.4, -0.2) is 31.7 Å². The highest BCUT2D eigenvalue weighted by Crippen LogP contribution is 2.29. The molecule has 8 heteroatoms. The molecule has 3 N–H and O–H groups in total. The van der Waals surface area contributed by atoms with Crippen molar-refractivity contribution in [2.24, 2.45) is 0 Å². The SMILES string of the molecule is CNc1cc(C(=O)OC)nc(OC(F)F)c1N. The van der Waals surface area contributed by atoms with Gasteiger partial charge in [-0.15, -0.1) is 0 Å². The number of nitrogen functional groups attached to an aromatic ring is 1. The molecule has 0 saturated carbocycles. The third-order valence-corrected chi connectivity index (χ3v) is 1.89. The maximum absolute atomic E-state index is 12.1. The summed E-state index contributed by atoms with van der Waals surface area (Å²) in [4.78, 5) is 14.8. The van der Waals surface area contributed by atoms with Gasteiger partial charge in [0, 0.05) is 7.05 Å². The van der Waals surface area contributed by atoms with Gasteiger partial charge in [0.25, 0.3) is 0 Å². The number of alkyl halides is 2. The van der Waals surface area contributed by atoms with E-state index in [4.69, 9.17) is 5.73 Å². The molecule has 0 amide bonds. The first-order chi connectivity index (χ1) is 7.99. The monoisotopic (exact) mass is 247 g/mol. The first kappa shape index (κ1) is 12.9. The average Bonchev–Trinajstić information content (AvgIpc) is 2.30. The second-order valence-corrected chi connectivity index (χ2v) is 2.89.